The number of benzene rings is 2. The van der Waals surface area contributed by atoms with Crippen LogP contribution < -0.4 is 5.32 Å². The third kappa shape index (κ3) is 5.76. The average molecular weight is 475 g/mol. The van der Waals surface area contributed by atoms with Crippen molar-refractivity contribution < 1.29 is 9.59 Å². The fourth-order valence-electron chi connectivity index (χ4n) is 2.88. The summed E-state index contributed by atoms with van der Waals surface area (Å²) in [5, 5.41) is 12.6. The molecule has 1 atom stereocenters. The van der Waals surface area contributed by atoms with Gasteiger partial charge in [-0.3, -0.25) is 9.59 Å². The Balaban J connectivity index is 1.73. The fraction of sp³-hybridized carbons (Fsp3) is 0.182. The van der Waals surface area contributed by atoms with E-state index in [-0.39, 0.29) is 22.5 Å². The summed E-state index contributed by atoms with van der Waals surface area (Å²) >= 11 is 13.3. The number of halogens is 2. The molecule has 0 aliphatic rings. The zero-order valence-corrected chi connectivity index (χ0v) is 19.0. The van der Waals surface area contributed by atoms with Crippen molar-refractivity contribution in [1.29, 1.82) is 0 Å². The second-order valence-corrected chi connectivity index (χ2v) is 8.42. The number of carbonyl (C=O) groups excluding carboxylic acids is 2. The Labute approximate surface area is 194 Å². The van der Waals surface area contributed by atoms with Crippen molar-refractivity contribution in [2.75, 3.05) is 5.75 Å². The first-order valence-electron chi connectivity index (χ1n) is 9.41. The molecule has 9 heteroatoms. The Kier molecular flexibility index (Phi) is 7.90. The molecule has 160 valence electrons. The fourth-order valence-corrected chi connectivity index (χ4v) is 4.22. The predicted octanol–water partition coefficient (Wildman–Crippen LogP) is 5.24. The van der Waals surface area contributed by atoms with E-state index < -0.39 is 6.04 Å². The van der Waals surface area contributed by atoms with Gasteiger partial charge in [0.25, 0.3) is 5.91 Å². The maximum Gasteiger partial charge on any atom is 0.253 e. The van der Waals surface area contributed by atoms with E-state index in [4.69, 9.17) is 23.2 Å². The van der Waals surface area contributed by atoms with Gasteiger partial charge in [-0.25, -0.2) is 0 Å². The number of nitrogens with one attached hydrogen (secondary N) is 1. The lowest BCUT2D eigenvalue weighted by Crippen LogP contribution is -2.29. The summed E-state index contributed by atoms with van der Waals surface area (Å²) in [5.41, 5.74) is 0.959. The number of aromatic nitrogens is 3. The van der Waals surface area contributed by atoms with E-state index in [1.54, 1.807) is 37.3 Å². The van der Waals surface area contributed by atoms with Crippen molar-refractivity contribution in [3.8, 4) is 0 Å². The second-order valence-electron chi connectivity index (χ2n) is 6.64. The first-order valence-corrected chi connectivity index (χ1v) is 11.2. The van der Waals surface area contributed by atoms with Gasteiger partial charge >= 0.3 is 0 Å². The number of ketones is 1. The van der Waals surface area contributed by atoms with Crippen molar-refractivity contribution in [2.45, 2.75) is 24.7 Å². The van der Waals surface area contributed by atoms with Crippen molar-refractivity contribution in [3.05, 3.63) is 88.2 Å². The highest BCUT2D eigenvalue weighted by Crippen LogP contribution is 2.24. The number of hydrogen-bond acceptors (Lipinski definition) is 5. The zero-order valence-electron chi connectivity index (χ0n) is 16.7. The summed E-state index contributed by atoms with van der Waals surface area (Å²) in [7, 11) is 0. The van der Waals surface area contributed by atoms with Crippen LogP contribution in [0.5, 0.6) is 0 Å². The zero-order chi connectivity index (χ0) is 22.4. The molecule has 0 saturated carbocycles. The Morgan fingerprint density at radius 2 is 1.94 bits per heavy atom. The van der Waals surface area contributed by atoms with E-state index in [1.807, 2.05) is 22.8 Å². The van der Waals surface area contributed by atoms with Crippen LogP contribution in [0, 0.1) is 0 Å². The molecule has 0 bridgehead atoms. The molecule has 31 heavy (non-hydrogen) atoms. The quantitative estimate of drug-likeness (QED) is 0.260. The molecule has 0 spiro atoms. The van der Waals surface area contributed by atoms with E-state index in [0.717, 1.165) is 0 Å². The molecule has 0 saturated heterocycles. The van der Waals surface area contributed by atoms with Crippen LogP contribution in [-0.2, 0) is 6.54 Å². The van der Waals surface area contributed by atoms with Crippen molar-refractivity contribution >= 4 is 46.7 Å². The van der Waals surface area contributed by atoms with Gasteiger partial charge in [0.15, 0.2) is 16.8 Å². The number of carbonyl (C=O) groups is 2. The molecule has 3 aromatic rings. The molecule has 0 unspecified atom stereocenters. The number of allylic oxidation sites excluding steroid dienone is 1. The Morgan fingerprint density at radius 3 is 2.61 bits per heavy atom. The van der Waals surface area contributed by atoms with Gasteiger partial charge in [-0.15, -0.1) is 16.8 Å². The SMILES string of the molecule is C=CCn1c(SCC(=O)c2ccccc2)nnc1[C@H](C)NC(=O)c1ccc(Cl)cc1Cl. The van der Waals surface area contributed by atoms with Gasteiger partial charge in [-0.1, -0.05) is 71.4 Å². The van der Waals surface area contributed by atoms with Gasteiger partial charge in [-0.05, 0) is 25.1 Å². The highest BCUT2D eigenvalue weighted by Gasteiger charge is 2.21. The predicted molar refractivity (Wildman–Crippen MR) is 124 cm³/mol. The molecule has 0 aliphatic carbocycles. The third-order valence-electron chi connectivity index (χ3n) is 4.40. The maximum atomic E-state index is 12.6. The third-order valence-corrected chi connectivity index (χ3v) is 5.91. The first kappa shape index (κ1) is 23.1. The molecular weight excluding hydrogens is 455 g/mol. The second kappa shape index (κ2) is 10.6. The standard InChI is InChI=1S/C22H20Cl2N4O2S/c1-3-11-28-20(14(2)25-21(30)17-10-9-16(23)12-18(17)24)26-27-22(28)31-13-19(29)15-7-5-4-6-8-15/h3-10,12,14H,1,11,13H2,2H3,(H,25,30)/t14-/m0/s1. The number of rotatable bonds is 9. The minimum atomic E-state index is -0.453. The topological polar surface area (TPSA) is 76.9 Å². The van der Waals surface area contributed by atoms with E-state index in [0.29, 0.717) is 33.7 Å². The Hall–Kier alpha value is -2.61. The lowest BCUT2D eigenvalue weighted by molar-refractivity contribution is 0.0937. The van der Waals surface area contributed by atoms with Crippen LogP contribution in [0.1, 0.15) is 39.5 Å². The monoisotopic (exact) mass is 474 g/mol. The summed E-state index contributed by atoms with van der Waals surface area (Å²) in [5.74, 6) is 0.420. The number of hydrogen-bond donors (Lipinski definition) is 1. The average Bonchev–Trinajstić information content (AvgIpc) is 3.15. The van der Waals surface area contributed by atoms with Gasteiger partial charge in [0.1, 0.15) is 0 Å². The van der Waals surface area contributed by atoms with Gasteiger partial charge < -0.3 is 9.88 Å². The lowest BCUT2D eigenvalue weighted by Gasteiger charge is -2.16. The van der Waals surface area contributed by atoms with Crippen LogP contribution in [0.2, 0.25) is 10.0 Å². The molecule has 6 nitrogen and oxygen atoms in total. The van der Waals surface area contributed by atoms with Crippen molar-refractivity contribution in [2.24, 2.45) is 0 Å². The Bertz CT molecular complexity index is 1100. The van der Waals surface area contributed by atoms with E-state index >= 15 is 0 Å². The highest BCUT2D eigenvalue weighted by molar-refractivity contribution is 7.99. The summed E-state index contributed by atoms with van der Waals surface area (Å²) in [4.78, 5) is 25.1. The number of Topliss-reactive ketones (excluding diaryl/α,β-unsaturated/α-hetero) is 1. The van der Waals surface area contributed by atoms with Gasteiger partial charge in [0.2, 0.25) is 0 Å². The number of nitrogens with zero attached hydrogens (tertiary/aromatic N) is 3. The molecule has 0 aliphatic heterocycles. The van der Waals surface area contributed by atoms with Crippen LogP contribution in [-0.4, -0.2) is 32.2 Å². The van der Waals surface area contributed by atoms with Crippen molar-refractivity contribution in [3.63, 3.8) is 0 Å². The van der Waals surface area contributed by atoms with E-state index in [9.17, 15) is 9.59 Å². The van der Waals surface area contributed by atoms with Gasteiger partial charge in [0.05, 0.1) is 22.4 Å². The molecule has 0 radical (unpaired) electrons. The summed E-state index contributed by atoms with van der Waals surface area (Å²) in [6.07, 6.45) is 1.71. The lowest BCUT2D eigenvalue weighted by atomic mass is 10.2. The molecule has 1 amide bonds. The Morgan fingerprint density at radius 1 is 1.19 bits per heavy atom. The minimum Gasteiger partial charge on any atom is -0.342 e. The maximum absolute atomic E-state index is 12.6. The summed E-state index contributed by atoms with van der Waals surface area (Å²) in [6, 6.07) is 13.3. The minimum absolute atomic E-state index is 0.000894. The molecule has 0 fully saturated rings. The van der Waals surface area contributed by atoms with E-state index in [1.165, 1.54) is 17.8 Å². The van der Waals surface area contributed by atoms with Crippen LogP contribution in [0.15, 0.2) is 66.3 Å². The van der Waals surface area contributed by atoms with Crippen molar-refractivity contribution in [1.82, 2.24) is 20.1 Å². The highest BCUT2D eigenvalue weighted by atomic mass is 35.5. The molecule has 1 heterocycles. The van der Waals surface area contributed by atoms with Crippen LogP contribution in [0.4, 0.5) is 0 Å². The largest absolute Gasteiger partial charge is 0.342 e. The van der Waals surface area contributed by atoms with Gasteiger partial charge in [0, 0.05) is 17.1 Å². The summed E-state index contributed by atoms with van der Waals surface area (Å²) < 4.78 is 1.82. The number of thioether (sulfide) groups is 1. The summed E-state index contributed by atoms with van der Waals surface area (Å²) in [6.45, 7) is 6.02. The normalized spacial score (nSPS) is 11.7. The molecule has 1 aromatic heterocycles. The van der Waals surface area contributed by atoms with Gasteiger partial charge in [-0.2, -0.15) is 0 Å². The van der Waals surface area contributed by atoms with Crippen LogP contribution >= 0.6 is 35.0 Å². The molecule has 2 aromatic carbocycles. The first-order chi connectivity index (χ1) is 14.9. The number of amides is 1. The molecule has 3 rings (SSSR count). The smallest absolute Gasteiger partial charge is 0.253 e. The molecular formula is C22H20Cl2N4O2S. The molecule has 1 N–H and O–H groups in total. The van der Waals surface area contributed by atoms with E-state index in [2.05, 4.69) is 22.1 Å². The van der Waals surface area contributed by atoms with Crippen LogP contribution in [0.3, 0.4) is 0 Å². The van der Waals surface area contributed by atoms with Crippen LogP contribution in [0.25, 0.3) is 0 Å².